The third-order valence-corrected chi connectivity index (χ3v) is 4.35. The number of likely N-dealkylation sites (tertiary alicyclic amines) is 1. The molecule has 1 aromatic rings. The number of nitrogens with one attached hydrogen (secondary N) is 2. The Kier molecular flexibility index (Phi) is 11.1. The smallest absolute Gasteiger partial charge is 0.191 e. The van der Waals surface area contributed by atoms with E-state index in [0.29, 0.717) is 6.54 Å². The number of halogens is 1. The van der Waals surface area contributed by atoms with Crippen LogP contribution in [0.4, 0.5) is 0 Å². The van der Waals surface area contributed by atoms with Crippen LogP contribution in [0.3, 0.4) is 0 Å². The number of guanidine groups is 1. The minimum absolute atomic E-state index is 0. The lowest BCUT2D eigenvalue weighted by Crippen LogP contribution is -2.40. The van der Waals surface area contributed by atoms with Crippen molar-refractivity contribution >= 4 is 29.9 Å². The van der Waals surface area contributed by atoms with Crippen LogP contribution in [0.5, 0.6) is 0 Å². The molecule has 0 aromatic heterocycles. The van der Waals surface area contributed by atoms with E-state index in [1.165, 1.54) is 11.1 Å². The van der Waals surface area contributed by atoms with E-state index in [9.17, 15) is 5.11 Å². The topological polar surface area (TPSA) is 59.9 Å². The maximum Gasteiger partial charge on any atom is 0.191 e. The van der Waals surface area contributed by atoms with Crippen molar-refractivity contribution in [2.45, 2.75) is 45.8 Å². The van der Waals surface area contributed by atoms with E-state index in [1.54, 1.807) is 0 Å². The largest absolute Gasteiger partial charge is 0.393 e. The number of hydrogen-bond donors (Lipinski definition) is 3. The van der Waals surface area contributed by atoms with Gasteiger partial charge in [-0.3, -0.25) is 0 Å². The van der Waals surface area contributed by atoms with Gasteiger partial charge in [0.25, 0.3) is 0 Å². The van der Waals surface area contributed by atoms with Crippen molar-refractivity contribution in [3.05, 3.63) is 35.4 Å². The van der Waals surface area contributed by atoms with Gasteiger partial charge in [-0.25, -0.2) is 4.99 Å². The summed E-state index contributed by atoms with van der Waals surface area (Å²) in [5, 5.41) is 16.3. The zero-order valence-electron chi connectivity index (χ0n) is 15.5. The summed E-state index contributed by atoms with van der Waals surface area (Å²) in [4.78, 5) is 7.10. The molecule has 1 saturated heterocycles. The Morgan fingerprint density at radius 1 is 1.28 bits per heavy atom. The van der Waals surface area contributed by atoms with Gasteiger partial charge in [0.1, 0.15) is 0 Å². The van der Waals surface area contributed by atoms with Gasteiger partial charge in [0.2, 0.25) is 0 Å². The highest BCUT2D eigenvalue weighted by atomic mass is 127. The van der Waals surface area contributed by atoms with E-state index >= 15 is 0 Å². The van der Waals surface area contributed by atoms with Crippen LogP contribution in [0.25, 0.3) is 0 Å². The van der Waals surface area contributed by atoms with Gasteiger partial charge in [-0.05, 0) is 45.2 Å². The number of nitrogens with zero attached hydrogens (tertiary/aromatic N) is 2. The molecule has 0 amide bonds. The van der Waals surface area contributed by atoms with Crippen LogP contribution in [0, 0.1) is 6.92 Å². The number of aliphatic imine (C=N–C) groups is 1. The van der Waals surface area contributed by atoms with Crippen LogP contribution in [-0.2, 0) is 6.54 Å². The zero-order valence-corrected chi connectivity index (χ0v) is 17.8. The van der Waals surface area contributed by atoms with Crippen molar-refractivity contribution in [1.29, 1.82) is 0 Å². The van der Waals surface area contributed by atoms with Gasteiger partial charge < -0.3 is 20.6 Å². The molecule has 3 N–H and O–H groups in total. The number of piperidine rings is 1. The average molecular weight is 460 g/mol. The van der Waals surface area contributed by atoms with E-state index in [1.807, 2.05) is 0 Å². The SMILES string of the molecule is CCNC(=NCc1cccc(C)c1)NCCCN1CCC(O)CC1.I. The number of rotatable bonds is 7. The first kappa shape index (κ1) is 22.2. The summed E-state index contributed by atoms with van der Waals surface area (Å²) in [6, 6.07) is 8.48. The second-order valence-electron chi connectivity index (χ2n) is 6.54. The molecule has 1 aliphatic rings. The minimum Gasteiger partial charge on any atom is -0.393 e. The molecule has 0 saturated carbocycles. The van der Waals surface area contributed by atoms with Gasteiger partial charge >= 0.3 is 0 Å². The Hall–Kier alpha value is -0.860. The molecule has 2 rings (SSSR count). The van der Waals surface area contributed by atoms with E-state index in [4.69, 9.17) is 0 Å². The van der Waals surface area contributed by atoms with Gasteiger partial charge in [0.15, 0.2) is 5.96 Å². The van der Waals surface area contributed by atoms with E-state index in [2.05, 4.69) is 58.6 Å². The Balaban J connectivity index is 0.00000312. The molecule has 1 heterocycles. The number of aliphatic hydroxyl groups is 1. The summed E-state index contributed by atoms with van der Waals surface area (Å²) in [6.45, 7) is 9.78. The molecule has 25 heavy (non-hydrogen) atoms. The number of aliphatic hydroxyl groups excluding tert-OH is 1. The fourth-order valence-electron chi connectivity index (χ4n) is 2.97. The highest BCUT2D eigenvalue weighted by molar-refractivity contribution is 14.0. The van der Waals surface area contributed by atoms with Crippen LogP contribution < -0.4 is 10.6 Å². The van der Waals surface area contributed by atoms with E-state index < -0.39 is 0 Å². The lowest BCUT2D eigenvalue weighted by Gasteiger charge is -2.29. The normalized spacial score (nSPS) is 16.4. The van der Waals surface area contributed by atoms with Crippen molar-refractivity contribution < 1.29 is 5.11 Å². The molecule has 1 aromatic carbocycles. The van der Waals surface area contributed by atoms with E-state index in [-0.39, 0.29) is 30.1 Å². The first-order valence-electron chi connectivity index (χ1n) is 9.15. The summed E-state index contributed by atoms with van der Waals surface area (Å²) in [5.41, 5.74) is 2.51. The van der Waals surface area contributed by atoms with Crippen molar-refractivity contribution in [3.63, 3.8) is 0 Å². The summed E-state index contributed by atoms with van der Waals surface area (Å²) in [7, 11) is 0. The maximum atomic E-state index is 9.54. The van der Waals surface area contributed by atoms with E-state index in [0.717, 1.165) is 57.9 Å². The lowest BCUT2D eigenvalue weighted by molar-refractivity contribution is 0.0823. The van der Waals surface area contributed by atoms with Crippen LogP contribution in [0.15, 0.2) is 29.3 Å². The molecular formula is C19H33IN4O. The third-order valence-electron chi connectivity index (χ3n) is 4.35. The Morgan fingerprint density at radius 2 is 2.04 bits per heavy atom. The molecule has 0 atom stereocenters. The summed E-state index contributed by atoms with van der Waals surface area (Å²) >= 11 is 0. The Bertz CT molecular complexity index is 516. The van der Waals surface area contributed by atoms with Crippen molar-refractivity contribution in [1.82, 2.24) is 15.5 Å². The Labute approximate surface area is 169 Å². The number of hydrogen-bond acceptors (Lipinski definition) is 3. The highest BCUT2D eigenvalue weighted by Crippen LogP contribution is 2.09. The van der Waals surface area contributed by atoms with Crippen LogP contribution in [-0.4, -0.2) is 54.8 Å². The predicted molar refractivity (Wildman–Crippen MR) is 116 cm³/mol. The molecular weight excluding hydrogens is 427 g/mol. The van der Waals surface area contributed by atoms with Crippen LogP contribution in [0.1, 0.15) is 37.3 Å². The first-order valence-corrected chi connectivity index (χ1v) is 9.15. The summed E-state index contributed by atoms with van der Waals surface area (Å²) < 4.78 is 0. The number of aryl methyl sites for hydroxylation is 1. The molecule has 5 nitrogen and oxygen atoms in total. The fourth-order valence-corrected chi connectivity index (χ4v) is 2.97. The lowest BCUT2D eigenvalue weighted by atomic mass is 10.1. The summed E-state index contributed by atoms with van der Waals surface area (Å²) in [5.74, 6) is 0.882. The molecule has 1 aliphatic heterocycles. The zero-order chi connectivity index (χ0) is 17.2. The van der Waals surface area contributed by atoms with Gasteiger partial charge in [-0.2, -0.15) is 0 Å². The molecule has 0 spiro atoms. The van der Waals surface area contributed by atoms with Crippen molar-refractivity contribution in [3.8, 4) is 0 Å². The molecule has 0 bridgehead atoms. The second-order valence-corrected chi connectivity index (χ2v) is 6.54. The number of benzene rings is 1. The third kappa shape index (κ3) is 8.87. The van der Waals surface area contributed by atoms with Crippen molar-refractivity contribution in [2.24, 2.45) is 4.99 Å². The predicted octanol–water partition coefficient (Wildman–Crippen LogP) is 2.51. The Morgan fingerprint density at radius 3 is 2.72 bits per heavy atom. The average Bonchev–Trinajstić information content (AvgIpc) is 2.58. The maximum absolute atomic E-state index is 9.54. The summed E-state index contributed by atoms with van der Waals surface area (Å²) in [6.07, 6.45) is 2.82. The molecule has 142 valence electrons. The molecule has 0 aliphatic carbocycles. The minimum atomic E-state index is -0.0894. The highest BCUT2D eigenvalue weighted by Gasteiger charge is 2.15. The molecule has 0 radical (unpaired) electrons. The standard InChI is InChI=1S/C19H32N4O.HI/c1-3-20-19(22-15-17-7-4-6-16(2)14-17)21-10-5-11-23-12-8-18(24)9-13-23;/h4,6-7,14,18,24H,3,5,8-13,15H2,1-2H3,(H2,20,21,22);1H. The van der Waals surface area contributed by atoms with Gasteiger partial charge in [0, 0.05) is 26.2 Å². The quantitative estimate of drug-likeness (QED) is 0.253. The molecule has 0 unspecified atom stereocenters. The molecule has 6 heteroatoms. The monoisotopic (exact) mass is 460 g/mol. The van der Waals surface area contributed by atoms with Gasteiger partial charge in [-0.1, -0.05) is 29.8 Å². The second kappa shape index (κ2) is 12.5. The van der Waals surface area contributed by atoms with Crippen LogP contribution >= 0.6 is 24.0 Å². The van der Waals surface area contributed by atoms with Crippen molar-refractivity contribution in [2.75, 3.05) is 32.7 Å². The molecule has 1 fully saturated rings. The van der Waals surface area contributed by atoms with Gasteiger partial charge in [0.05, 0.1) is 12.6 Å². The first-order chi connectivity index (χ1) is 11.7. The van der Waals surface area contributed by atoms with Crippen LogP contribution in [0.2, 0.25) is 0 Å². The fraction of sp³-hybridized carbons (Fsp3) is 0.632. The van der Waals surface area contributed by atoms with Gasteiger partial charge in [-0.15, -0.1) is 24.0 Å².